The molecule has 0 atom stereocenters. The average Bonchev–Trinajstić information content (AvgIpc) is 2.65. The summed E-state index contributed by atoms with van der Waals surface area (Å²) >= 11 is 0. The molecular weight excluding hydrogens is 371 g/mol. The molecule has 1 aliphatic rings. The van der Waals surface area contributed by atoms with E-state index in [2.05, 4.69) is 9.80 Å². The summed E-state index contributed by atoms with van der Waals surface area (Å²) in [5.74, 6) is 0.314. The Morgan fingerprint density at radius 2 is 0.923 bits per heavy atom. The van der Waals surface area contributed by atoms with E-state index in [1.165, 1.54) is 0 Å². The Labute approximate surface area is 167 Å². The van der Waals surface area contributed by atoms with Crippen LogP contribution in [0.3, 0.4) is 0 Å². The summed E-state index contributed by atoms with van der Waals surface area (Å²) in [4.78, 5) is 28.8. The first-order valence-electron chi connectivity index (χ1n) is 8.33. The minimum Gasteiger partial charge on any atom is -0.293 e. The van der Waals surface area contributed by atoms with Gasteiger partial charge in [-0.1, -0.05) is 60.7 Å². The van der Waals surface area contributed by atoms with Gasteiger partial charge in [0.1, 0.15) is 0 Å². The molecule has 0 unspecified atom stereocenters. The van der Waals surface area contributed by atoms with Crippen molar-refractivity contribution in [3.63, 3.8) is 0 Å². The van der Waals surface area contributed by atoms with E-state index < -0.39 is 0 Å². The van der Waals surface area contributed by atoms with E-state index in [4.69, 9.17) is 0 Å². The zero-order valence-electron chi connectivity index (χ0n) is 14.5. The molecule has 0 amide bonds. The Bertz CT molecular complexity index is 626. The predicted octanol–water partition coefficient (Wildman–Crippen LogP) is 3.21. The topological polar surface area (TPSA) is 40.6 Å². The van der Waals surface area contributed by atoms with E-state index in [0.29, 0.717) is 13.1 Å². The molecule has 6 heteroatoms. The van der Waals surface area contributed by atoms with E-state index in [0.717, 1.165) is 37.3 Å². The lowest BCUT2D eigenvalue weighted by Gasteiger charge is -2.33. The second-order valence-electron chi connectivity index (χ2n) is 6.13. The van der Waals surface area contributed by atoms with Crippen molar-refractivity contribution in [3.05, 3.63) is 71.8 Å². The number of hydrogen-bond acceptors (Lipinski definition) is 4. The molecule has 1 aliphatic heterocycles. The summed E-state index contributed by atoms with van der Waals surface area (Å²) < 4.78 is 0. The van der Waals surface area contributed by atoms with Crippen molar-refractivity contribution in [2.45, 2.75) is 0 Å². The van der Waals surface area contributed by atoms with Crippen molar-refractivity contribution in [3.8, 4) is 0 Å². The predicted molar refractivity (Wildman–Crippen MR) is 109 cm³/mol. The van der Waals surface area contributed by atoms with Gasteiger partial charge in [0.05, 0.1) is 13.1 Å². The SMILES string of the molecule is Cl.Cl.O=C(CN1CCN(CC(=O)c2ccccc2)CC1)c1ccccc1. The molecule has 0 saturated carbocycles. The minimum atomic E-state index is 0. The summed E-state index contributed by atoms with van der Waals surface area (Å²) in [5, 5.41) is 0. The van der Waals surface area contributed by atoms with Gasteiger partial charge in [-0.15, -0.1) is 24.8 Å². The molecular formula is C20H24Cl2N2O2. The Morgan fingerprint density at radius 3 is 1.23 bits per heavy atom. The van der Waals surface area contributed by atoms with Crippen LogP contribution in [-0.2, 0) is 0 Å². The lowest BCUT2D eigenvalue weighted by molar-refractivity contribution is 0.0783. The summed E-state index contributed by atoms with van der Waals surface area (Å²) in [6.45, 7) is 4.18. The van der Waals surface area contributed by atoms with Crippen LogP contribution >= 0.6 is 24.8 Å². The third-order valence-electron chi connectivity index (χ3n) is 4.39. The molecule has 4 nitrogen and oxygen atoms in total. The summed E-state index contributed by atoms with van der Waals surface area (Å²) in [7, 11) is 0. The number of halogens is 2. The van der Waals surface area contributed by atoms with Gasteiger partial charge in [0, 0.05) is 37.3 Å². The van der Waals surface area contributed by atoms with Crippen LogP contribution in [0.2, 0.25) is 0 Å². The van der Waals surface area contributed by atoms with Crippen molar-refractivity contribution in [1.82, 2.24) is 9.80 Å². The van der Waals surface area contributed by atoms with Crippen LogP contribution in [-0.4, -0.2) is 60.6 Å². The standard InChI is InChI=1S/C20H22N2O2.2ClH/c23-19(17-7-3-1-4-8-17)15-21-11-13-22(14-12-21)16-20(24)18-9-5-2-6-10-18;;/h1-10H,11-16H2;2*1H. The highest BCUT2D eigenvalue weighted by Gasteiger charge is 2.21. The number of Topliss-reactive ketones (excluding diaryl/α,β-unsaturated/α-hetero) is 2. The monoisotopic (exact) mass is 394 g/mol. The summed E-state index contributed by atoms with van der Waals surface area (Å²) in [6.07, 6.45) is 0. The summed E-state index contributed by atoms with van der Waals surface area (Å²) in [5.41, 5.74) is 1.53. The third kappa shape index (κ3) is 6.22. The number of benzene rings is 2. The number of carbonyl (C=O) groups is 2. The molecule has 0 radical (unpaired) electrons. The average molecular weight is 395 g/mol. The zero-order valence-corrected chi connectivity index (χ0v) is 16.2. The first-order valence-corrected chi connectivity index (χ1v) is 8.33. The van der Waals surface area contributed by atoms with Crippen molar-refractivity contribution in [1.29, 1.82) is 0 Å². The molecule has 1 fully saturated rings. The lowest BCUT2D eigenvalue weighted by Crippen LogP contribution is -2.49. The fraction of sp³-hybridized carbons (Fsp3) is 0.300. The van der Waals surface area contributed by atoms with Gasteiger partial charge in [-0.25, -0.2) is 0 Å². The van der Waals surface area contributed by atoms with Crippen LogP contribution in [0.4, 0.5) is 0 Å². The molecule has 1 saturated heterocycles. The highest BCUT2D eigenvalue weighted by molar-refractivity contribution is 5.98. The Hall–Kier alpha value is -1.72. The number of rotatable bonds is 6. The van der Waals surface area contributed by atoms with Crippen LogP contribution in [0.1, 0.15) is 20.7 Å². The van der Waals surface area contributed by atoms with Crippen LogP contribution in [0.5, 0.6) is 0 Å². The third-order valence-corrected chi connectivity index (χ3v) is 4.39. The first kappa shape index (κ1) is 22.3. The Kier molecular flexibility index (Phi) is 9.52. The first-order chi connectivity index (χ1) is 11.7. The fourth-order valence-corrected chi connectivity index (χ4v) is 2.94. The van der Waals surface area contributed by atoms with Gasteiger partial charge in [0.15, 0.2) is 11.6 Å². The van der Waals surface area contributed by atoms with Gasteiger partial charge in [0.25, 0.3) is 0 Å². The van der Waals surface area contributed by atoms with E-state index in [1.54, 1.807) is 0 Å². The fourth-order valence-electron chi connectivity index (χ4n) is 2.94. The van der Waals surface area contributed by atoms with Gasteiger partial charge in [-0.05, 0) is 0 Å². The van der Waals surface area contributed by atoms with E-state index in [-0.39, 0.29) is 36.4 Å². The number of piperazine rings is 1. The largest absolute Gasteiger partial charge is 0.293 e. The Balaban J connectivity index is 0.00000169. The maximum absolute atomic E-state index is 12.2. The quantitative estimate of drug-likeness (QED) is 0.705. The number of carbonyl (C=O) groups excluding carboxylic acids is 2. The van der Waals surface area contributed by atoms with Gasteiger partial charge in [-0.3, -0.25) is 19.4 Å². The highest BCUT2D eigenvalue weighted by Crippen LogP contribution is 2.08. The van der Waals surface area contributed by atoms with Crippen LogP contribution in [0.15, 0.2) is 60.7 Å². The molecule has 3 rings (SSSR count). The highest BCUT2D eigenvalue weighted by atomic mass is 35.5. The van der Waals surface area contributed by atoms with Gasteiger partial charge in [0.2, 0.25) is 0 Å². The normalized spacial score (nSPS) is 14.8. The van der Waals surface area contributed by atoms with Crippen LogP contribution in [0, 0.1) is 0 Å². The van der Waals surface area contributed by atoms with Crippen LogP contribution in [0.25, 0.3) is 0 Å². The second-order valence-corrected chi connectivity index (χ2v) is 6.13. The van der Waals surface area contributed by atoms with E-state index in [1.807, 2.05) is 60.7 Å². The van der Waals surface area contributed by atoms with Gasteiger partial charge < -0.3 is 0 Å². The lowest BCUT2D eigenvalue weighted by atomic mass is 10.1. The second kappa shape index (κ2) is 11.1. The zero-order chi connectivity index (χ0) is 16.8. The smallest absolute Gasteiger partial charge is 0.176 e. The van der Waals surface area contributed by atoms with Crippen molar-refractivity contribution < 1.29 is 9.59 Å². The van der Waals surface area contributed by atoms with Crippen molar-refractivity contribution >= 4 is 36.4 Å². The molecule has 2 aromatic carbocycles. The molecule has 1 heterocycles. The van der Waals surface area contributed by atoms with E-state index in [9.17, 15) is 9.59 Å². The van der Waals surface area contributed by atoms with Crippen molar-refractivity contribution in [2.75, 3.05) is 39.3 Å². The van der Waals surface area contributed by atoms with Gasteiger partial charge in [-0.2, -0.15) is 0 Å². The molecule has 140 valence electrons. The molecule has 26 heavy (non-hydrogen) atoms. The maximum atomic E-state index is 12.2. The molecule has 0 N–H and O–H groups in total. The number of ketones is 2. The molecule has 0 aliphatic carbocycles. The minimum absolute atomic E-state index is 0. The Morgan fingerprint density at radius 1 is 0.615 bits per heavy atom. The molecule has 0 bridgehead atoms. The molecule has 0 spiro atoms. The van der Waals surface area contributed by atoms with Crippen LogP contribution < -0.4 is 0 Å². The number of hydrogen-bond donors (Lipinski definition) is 0. The summed E-state index contributed by atoms with van der Waals surface area (Å²) in [6, 6.07) is 18.8. The van der Waals surface area contributed by atoms with Crippen molar-refractivity contribution in [2.24, 2.45) is 0 Å². The van der Waals surface area contributed by atoms with Gasteiger partial charge >= 0.3 is 0 Å². The van der Waals surface area contributed by atoms with E-state index >= 15 is 0 Å². The number of nitrogens with zero attached hydrogens (tertiary/aromatic N) is 2. The molecule has 2 aromatic rings. The molecule has 0 aromatic heterocycles. The maximum Gasteiger partial charge on any atom is 0.176 e.